The van der Waals surface area contributed by atoms with Gasteiger partial charge in [0.15, 0.2) is 0 Å². The highest BCUT2D eigenvalue weighted by molar-refractivity contribution is 5.08. The summed E-state index contributed by atoms with van der Waals surface area (Å²) < 4.78 is 2.06. The number of rotatable bonds is 7. The van der Waals surface area contributed by atoms with Gasteiger partial charge < -0.3 is 4.90 Å². The zero-order chi connectivity index (χ0) is 15.0. The molecule has 3 rings (SSSR count). The smallest absolute Gasteiger partial charge is 0.0489 e. The van der Waals surface area contributed by atoms with Crippen molar-refractivity contribution in [3.8, 4) is 0 Å². The van der Waals surface area contributed by atoms with Gasteiger partial charge in [-0.05, 0) is 62.9 Å². The van der Waals surface area contributed by atoms with Crippen LogP contribution < -0.4 is 0 Å². The molecule has 0 N–H and O–H groups in total. The van der Waals surface area contributed by atoms with Crippen molar-refractivity contribution in [2.45, 2.75) is 51.1 Å². The molecule has 2 aromatic heterocycles. The first-order valence-electron chi connectivity index (χ1n) is 8.52. The third-order valence-electron chi connectivity index (χ3n) is 4.63. The van der Waals surface area contributed by atoms with Crippen LogP contribution in [0, 0.1) is 0 Å². The van der Waals surface area contributed by atoms with E-state index in [-0.39, 0.29) is 0 Å². The average molecular weight is 298 g/mol. The van der Waals surface area contributed by atoms with E-state index in [1.165, 1.54) is 50.8 Å². The molecule has 0 saturated carbocycles. The normalized spacial score (nSPS) is 19.4. The molecule has 0 radical (unpaired) electrons. The number of hydrogen-bond donors (Lipinski definition) is 0. The van der Waals surface area contributed by atoms with Crippen LogP contribution in [0.2, 0.25) is 0 Å². The summed E-state index contributed by atoms with van der Waals surface area (Å²) in [5, 5.41) is 4.32. The van der Waals surface area contributed by atoms with Crippen LogP contribution in [-0.2, 0) is 13.0 Å². The molecule has 0 amide bonds. The van der Waals surface area contributed by atoms with Gasteiger partial charge in [0.1, 0.15) is 0 Å². The molecule has 1 fully saturated rings. The molecular weight excluding hydrogens is 272 g/mol. The maximum absolute atomic E-state index is 4.32. The van der Waals surface area contributed by atoms with Crippen molar-refractivity contribution < 1.29 is 0 Å². The van der Waals surface area contributed by atoms with Gasteiger partial charge >= 0.3 is 0 Å². The van der Waals surface area contributed by atoms with Gasteiger partial charge in [-0.3, -0.25) is 9.67 Å². The molecule has 2 aromatic rings. The van der Waals surface area contributed by atoms with E-state index in [0.29, 0.717) is 0 Å². The van der Waals surface area contributed by atoms with Crippen molar-refractivity contribution in [3.05, 3.63) is 48.5 Å². The van der Waals surface area contributed by atoms with Crippen LogP contribution in [0.25, 0.3) is 0 Å². The Morgan fingerprint density at radius 3 is 2.95 bits per heavy atom. The fourth-order valence-corrected chi connectivity index (χ4v) is 3.43. The Labute approximate surface area is 133 Å². The minimum Gasteiger partial charge on any atom is -0.300 e. The first-order valence-corrected chi connectivity index (χ1v) is 8.52. The summed E-state index contributed by atoms with van der Waals surface area (Å²) in [5.41, 5.74) is 1.35. The number of likely N-dealkylation sites (tertiary alicyclic amines) is 1. The maximum Gasteiger partial charge on any atom is 0.0489 e. The molecule has 0 spiro atoms. The molecule has 1 aliphatic rings. The van der Waals surface area contributed by atoms with E-state index in [1.807, 2.05) is 30.7 Å². The van der Waals surface area contributed by atoms with Gasteiger partial charge in [-0.1, -0.05) is 12.5 Å². The van der Waals surface area contributed by atoms with E-state index in [0.717, 1.165) is 19.0 Å². The van der Waals surface area contributed by atoms with Gasteiger partial charge in [-0.2, -0.15) is 5.10 Å². The summed E-state index contributed by atoms with van der Waals surface area (Å²) >= 11 is 0. The first kappa shape index (κ1) is 15.2. The summed E-state index contributed by atoms with van der Waals surface area (Å²) in [4.78, 5) is 6.90. The van der Waals surface area contributed by atoms with Gasteiger partial charge in [-0.15, -0.1) is 0 Å². The second kappa shape index (κ2) is 8.08. The van der Waals surface area contributed by atoms with E-state index in [1.54, 1.807) is 0 Å². The summed E-state index contributed by atoms with van der Waals surface area (Å²) in [6, 6.07) is 6.94. The number of pyridine rings is 1. The molecule has 3 heterocycles. The molecule has 0 unspecified atom stereocenters. The Balaban J connectivity index is 1.45. The quantitative estimate of drug-likeness (QED) is 0.787. The molecule has 4 nitrogen and oxygen atoms in total. The number of aryl methyl sites for hydroxylation is 2. The zero-order valence-electron chi connectivity index (χ0n) is 13.3. The lowest BCUT2D eigenvalue weighted by atomic mass is 9.98. The van der Waals surface area contributed by atoms with Crippen LogP contribution in [0.4, 0.5) is 0 Å². The zero-order valence-corrected chi connectivity index (χ0v) is 13.3. The number of piperidine rings is 1. The summed E-state index contributed by atoms with van der Waals surface area (Å²) in [5.74, 6) is 0. The van der Waals surface area contributed by atoms with Crippen molar-refractivity contribution in [2.24, 2.45) is 0 Å². The molecule has 0 bridgehead atoms. The fraction of sp³-hybridized carbons (Fsp3) is 0.556. The average Bonchev–Trinajstić information content (AvgIpc) is 3.08. The van der Waals surface area contributed by atoms with E-state index >= 15 is 0 Å². The van der Waals surface area contributed by atoms with Gasteiger partial charge in [0.2, 0.25) is 0 Å². The van der Waals surface area contributed by atoms with Crippen molar-refractivity contribution in [1.29, 1.82) is 0 Å². The third kappa shape index (κ3) is 4.41. The molecule has 1 aliphatic heterocycles. The summed E-state index contributed by atoms with van der Waals surface area (Å²) in [7, 11) is 0. The minimum atomic E-state index is 0.729. The van der Waals surface area contributed by atoms with Crippen molar-refractivity contribution in [2.75, 3.05) is 13.1 Å². The Morgan fingerprint density at radius 2 is 2.14 bits per heavy atom. The first-order chi connectivity index (χ1) is 10.9. The number of aromatic nitrogens is 3. The van der Waals surface area contributed by atoms with Gasteiger partial charge in [0.05, 0.1) is 0 Å². The van der Waals surface area contributed by atoms with Crippen LogP contribution >= 0.6 is 0 Å². The predicted octanol–water partition coefficient (Wildman–Crippen LogP) is 3.16. The van der Waals surface area contributed by atoms with Crippen LogP contribution in [0.15, 0.2) is 43.0 Å². The molecular formula is C18H26N4. The van der Waals surface area contributed by atoms with E-state index < -0.39 is 0 Å². The van der Waals surface area contributed by atoms with Crippen LogP contribution in [0.3, 0.4) is 0 Å². The Morgan fingerprint density at radius 1 is 1.14 bits per heavy atom. The van der Waals surface area contributed by atoms with Crippen LogP contribution in [-0.4, -0.2) is 38.8 Å². The fourth-order valence-electron chi connectivity index (χ4n) is 3.43. The third-order valence-corrected chi connectivity index (χ3v) is 4.63. The van der Waals surface area contributed by atoms with Crippen LogP contribution in [0.1, 0.15) is 37.7 Å². The molecule has 0 aromatic carbocycles. The second-order valence-corrected chi connectivity index (χ2v) is 6.21. The highest BCUT2D eigenvalue weighted by atomic mass is 15.3. The van der Waals surface area contributed by atoms with E-state index in [2.05, 4.69) is 31.9 Å². The van der Waals surface area contributed by atoms with Gasteiger partial charge in [-0.25, -0.2) is 0 Å². The monoisotopic (exact) mass is 298 g/mol. The lowest BCUT2D eigenvalue weighted by Gasteiger charge is -2.35. The topological polar surface area (TPSA) is 34.0 Å². The molecule has 118 valence electrons. The van der Waals surface area contributed by atoms with Crippen LogP contribution in [0.5, 0.6) is 0 Å². The largest absolute Gasteiger partial charge is 0.300 e. The van der Waals surface area contributed by atoms with Crippen molar-refractivity contribution in [1.82, 2.24) is 19.7 Å². The van der Waals surface area contributed by atoms with Crippen molar-refractivity contribution >= 4 is 0 Å². The standard InChI is InChI=1S/C18H26N4/c1-2-12-21(13-4-7-17-6-3-10-19-16-17)18(8-1)9-15-22-14-5-11-20-22/h3,5-6,10-11,14,16,18H,1-2,4,7-9,12-13,15H2/t18-/m0/s1. The maximum atomic E-state index is 4.32. The molecule has 22 heavy (non-hydrogen) atoms. The summed E-state index contributed by atoms with van der Waals surface area (Å²) in [6.07, 6.45) is 15.4. The molecule has 4 heteroatoms. The highest BCUT2D eigenvalue weighted by Gasteiger charge is 2.21. The lowest BCUT2D eigenvalue weighted by molar-refractivity contribution is 0.133. The number of hydrogen-bond acceptors (Lipinski definition) is 3. The van der Waals surface area contributed by atoms with Gasteiger partial charge in [0, 0.05) is 37.4 Å². The van der Waals surface area contributed by atoms with E-state index in [9.17, 15) is 0 Å². The summed E-state index contributed by atoms with van der Waals surface area (Å²) in [6.45, 7) is 3.51. The Bertz CT molecular complexity index is 523. The predicted molar refractivity (Wildman–Crippen MR) is 88.6 cm³/mol. The SMILES string of the molecule is c1cncc(CCCN2CCCC[C@H]2CCn2cccn2)c1. The Hall–Kier alpha value is -1.68. The molecule has 1 saturated heterocycles. The second-order valence-electron chi connectivity index (χ2n) is 6.21. The van der Waals surface area contributed by atoms with Gasteiger partial charge in [0.25, 0.3) is 0 Å². The molecule has 0 aliphatic carbocycles. The lowest BCUT2D eigenvalue weighted by Crippen LogP contribution is -2.40. The van der Waals surface area contributed by atoms with Crippen molar-refractivity contribution in [3.63, 3.8) is 0 Å². The number of nitrogens with zero attached hydrogens (tertiary/aromatic N) is 4. The highest BCUT2D eigenvalue weighted by Crippen LogP contribution is 2.20. The Kier molecular flexibility index (Phi) is 5.59. The molecule has 1 atom stereocenters. The minimum absolute atomic E-state index is 0.729. The van der Waals surface area contributed by atoms with E-state index in [4.69, 9.17) is 0 Å².